The van der Waals surface area contributed by atoms with Crippen LogP contribution in [-0.2, 0) is 4.74 Å². The second-order valence-electron chi connectivity index (χ2n) is 5.82. The summed E-state index contributed by atoms with van der Waals surface area (Å²) in [6.45, 7) is 3.13. The number of hydrogen-bond acceptors (Lipinski definition) is 7. The van der Waals surface area contributed by atoms with Gasteiger partial charge in [-0.2, -0.15) is 5.10 Å². The lowest BCUT2D eigenvalue weighted by molar-refractivity contribution is 0.207. The molecular formula is C20H23N3O3S2. The zero-order valence-corrected chi connectivity index (χ0v) is 18.0. The monoisotopic (exact) mass is 417 g/mol. The van der Waals surface area contributed by atoms with E-state index in [2.05, 4.69) is 11.1 Å². The highest BCUT2D eigenvalue weighted by Crippen LogP contribution is 2.33. The van der Waals surface area contributed by atoms with Crippen molar-refractivity contribution in [3.05, 3.63) is 50.8 Å². The van der Waals surface area contributed by atoms with Gasteiger partial charge in [-0.1, -0.05) is 6.07 Å². The summed E-state index contributed by atoms with van der Waals surface area (Å²) in [6, 6.07) is 9.81. The largest absolute Gasteiger partial charge is 0.497 e. The zero-order chi connectivity index (χ0) is 19.9. The first kappa shape index (κ1) is 20.3. The van der Waals surface area contributed by atoms with E-state index in [-0.39, 0.29) is 0 Å². The zero-order valence-electron chi connectivity index (χ0n) is 16.3. The topological polar surface area (TPSA) is 57.3 Å². The van der Waals surface area contributed by atoms with Crippen molar-refractivity contribution in [2.75, 3.05) is 34.5 Å². The molecule has 0 unspecified atom stereocenters. The van der Waals surface area contributed by atoms with Crippen LogP contribution < -0.4 is 14.3 Å². The molecular weight excluding hydrogens is 394 g/mol. The van der Waals surface area contributed by atoms with E-state index in [0.717, 1.165) is 38.1 Å². The summed E-state index contributed by atoms with van der Waals surface area (Å²) >= 11 is 3.19. The van der Waals surface area contributed by atoms with Crippen LogP contribution in [0.5, 0.6) is 11.5 Å². The number of methoxy groups -OCH3 is 3. The van der Waals surface area contributed by atoms with Crippen molar-refractivity contribution >= 4 is 28.4 Å². The standard InChI is InChI=1S/C20H23N3O3S2/c1-14(19-6-5-11-27-19)22-23-17(13-28-20(23)21-9-10-24-2)16-12-15(25-3)7-8-18(16)26-4/h5-8,11-13H,9-10H2,1-4H3/b21-20?,22-14-. The summed E-state index contributed by atoms with van der Waals surface area (Å²) in [5.74, 6) is 1.50. The van der Waals surface area contributed by atoms with E-state index in [1.807, 2.05) is 46.6 Å². The van der Waals surface area contributed by atoms with Crippen molar-refractivity contribution in [2.45, 2.75) is 6.92 Å². The number of thiophene rings is 1. The molecule has 0 bridgehead atoms. The van der Waals surface area contributed by atoms with Gasteiger partial charge in [0.25, 0.3) is 0 Å². The van der Waals surface area contributed by atoms with Gasteiger partial charge in [0.15, 0.2) is 0 Å². The van der Waals surface area contributed by atoms with Crippen LogP contribution in [0.15, 0.2) is 51.2 Å². The predicted molar refractivity (Wildman–Crippen MR) is 115 cm³/mol. The van der Waals surface area contributed by atoms with Crippen LogP contribution >= 0.6 is 22.7 Å². The molecule has 0 saturated carbocycles. The van der Waals surface area contributed by atoms with Gasteiger partial charge in [0.05, 0.1) is 43.7 Å². The summed E-state index contributed by atoms with van der Waals surface area (Å²) < 4.78 is 18.0. The Morgan fingerprint density at radius 2 is 1.96 bits per heavy atom. The van der Waals surface area contributed by atoms with Crippen molar-refractivity contribution in [1.29, 1.82) is 0 Å². The molecule has 6 nitrogen and oxygen atoms in total. The Bertz CT molecular complexity index is 1000. The molecule has 2 aromatic heterocycles. The molecule has 1 aromatic carbocycles. The van der Waals surface area contributed by atoms with Gasteiger partial charge in [-0.25, -0.2) is 4.68 Å². The van der Waals surface area contributed by atoms with Gasteiger partial charge in [-0.15, -0.1) is 22.7 Å². The van der Waals surface area contributed by atoms with Crippen LogP contribution in [0, 0.1) is 0 Å². The Hall–Kier alpha value is -2.42. The normalized spacial score (nSPS) is 12.4. The Labute approximate surface area is 172 Å². The molecule has 148 valence electrons. The van der Waals surface area contributed by atoms with Gasteiger partial charge in [0, 0.05) is 18.1 Å². The number of rotatable bonds is 8. The second-order valence-corrected chi connectivity index (χ2v) is 7.60. The molecule has 3 aromatic rings. The van der Waals surface area contributed by atoms with E-state index in [9.17, 15) is 0 Å². The van der Waals surface area contributed by atoms with Crippen LogP contribution in [0.4, 0.5) is 0 Å². The van der Waals surface area contributed by atoms with Gasteiger partial charge in [0.2, 0.25) is 4.80 Å². The van der Waals surface area contributed by atoms with E-state index in [0.29, 0.717) is 13.2 Å². The molecule has 0 atom stereocenters. The van der Waals surface area contributed by atoms with Crippen molar-refractivity contribution in [3.63, 3.8) is 0 Å². The average Bonchev–Trinajstić information content (AvgIpc) is 3.38. The molecule has 0 N–H and O–H groups in total. The van der Waals surface area contributed by atoms with Crippen molar-refractivity contribution in [1.82, 2.24) is 4.68 Å². The average molecular weight is 418 g/mol. The fourth-order valence-corrected chi connectivity index (χ4v) is 4.14. The second kappa shape index (κ2) is 9.68. The first-order valence-corrected chi connectivity index (χ1v) is 10.5. The molecule has 0 spiro atoms. The predicted octanol–water partition coefficient (Wildman–Crippen LogP) is 4.11. The molecule has 0 aliphatic carbocycles. The van der Waals surface area contributed by atoms with Crippen molar-refractivity contribution in [2.24, 2.45) is 10.1 Å². The highest BCUT2D eigenvalue weighted by molar-refractivity contribution is 7.12. The Morgan fingerprint density at radius 3 is 2.64 bits per heavy atom. The minimum atomic E-state index is 0.559. The summed E-state index contributed by atoms with van der Waals surface area (Å²) in [7, 11) is 4.98. The van der Waals surface area contributed by atoms with Crippen molar-refractivity contribution in [3.8, 4) is 22.8 Å². The summed E-state index contributed by atoms with van der Waals surface area (Å²) in [4.78, 5) is 6.57. The fraction of sp³-hybridized carbons (Fsp3) is 0.300. The third-order valence-electron chi connectivity index (χ3n) is 4.04. The quantitative estimate of drug-likeness (QED) is 0.409. The number of ether oxygens (including phenoxy) is 3. The number of thiazole rings is 1. The van der Waals surface area contributed by atoms with E-state index in [4.69, 9.17) is 19.3 Å². The van der Waals surface area contributed by atoms with Gasteiger partial charge in [-0.3, -0.25) is 4.99 Å². The molecule has 8 heteroatoms. The van der Waals surface area contributed by atoms with Crippen LogP contribution in [0.3, 0.4) is 0 Å². The van der Waals surface area contributed by atoms with Gasteiger partial charge >= 0.3 is 0 Å². The maximum Gasteiger partial charge on any atom is 0.206 e. The van der Waals surface area contributed by atoms with Crippen LogP contribution in [0.2, 0.25) is 0 Å². The molecule has 28 heavy (non-hydrogen) atoms. The summed E-state index contributed by atoms with van der Waals surface area (Å²) in [6.07, 6.45) is 0. The van der Waals surface area contributed by atoms with Crippen LogP contribution in [0.25, 0.3) is 11.3 Å². The smallest absolute Gasteiger partial charge is 0.206 e. The SMILES string of the molecule is COCCN=c1scc(-c2cc(OC)ccc2OC)n1/N=C(/C)c1cccs1. The first-order valence-electron chi connectivity index (χ1n) is 8.69. The molecule has 0 radical (unpaired) electrons. The third-order valence-corrected chi connectivity index (χ3v) is 5.87. The fourth-order valence-electron chi connectivity index (χ4n) is 2.62. The lowest BCUT2D eigenvalue weighted by atomic mass is 10.1. The van der Waals surface area contributed by atoms with Gasteiger partial charge in [0.1, 0.15) is 11.5 Å². The van der Waals surface area contributed by atoms with Crippen LogP contribution in [-0.4, -0.2) is 44.9 Å². The minimum absolute atomic E-state index is 0.559. The molecule has 2 heterocycles. The Balaban J connectivity index is 2.17. The number of hydrogen-bond donors (Lipinski definition) is 0. The first-order chi connectivity index (χ1) is 13.7. The molecule has 0 fully saturated rings. The lowest BCUT2D eigenvalue weighted by Crippen LogP contribution is -2.15. The molecule has 3 rings (SSSR count). The third kappa shape index (κ3) is 4.52. The van der Waals surface area contributed by atoms with Crippen LogP contribution in [0.1, 0.15) is 11.8 Å². The lowest BCUT2D eigenvalue weighted by Gasteiger charge is -2.11. The van der Waals surface area contributed by atoms with Crippen molar-refractivity contribution < 1.29 is 14.2 Å². The molecule has 0 aliphatic heterocycles. The van der Waals surface area contributed by atoms with Gasteiger partial charge in [-0.05, 0) is 36.6 Å². The number of nitrogens with zero attached hydrogens (tertiary/aromatic N) is 3. The Morgan fingerprint density at radius 1 is 1.11 bits per heavy atom. The maximum atomic E-state index is 5.58. The summed E-state index contributed by atoms with van der Waals surface area (Å²) in [5, 5.41) is 8.95. The van der Waals surface area contributed by atoms with Gasteiger partial charge < -0.3 is 14.2 Å². The highest BCUT2D eigenvalue weighted by Gasteiger charge is 2.15. The van der Waals surface area contributed by atoms with E-state index >= 15 is 0 Å². The Kier molecular flexibility index (Phi) is 7.02. The molecule has 0 amide bonds. The van der Waals surface area contributed by atoms with E-state index in [1.54, 1.807) is 32.7 Å². The molecule has 0 saturated heterocycles. The van der Waals surface area contributed by atoms with E-state index < -0.39 is 0 Å². The maximum absolute atomic E-state index is 5.58. The number of aromatic nitrogens is 1. The highest BCUT2D eigenvalue weighted by atomic mass is 32.1. The minimum Gasteiger partial charge on any atom is -0.497 e. The summed E-state index contributed by atoms with van der Waals surface area (Å²) in [5.41, 5.74) is 2.71. The molecule has 0 aliphatic rings. The van der Waals surface area contributed by atoms with E-state index in [1.165, 1.54) is 11.3 Å². The number of benzene rings is 1.